The lowest BCUT2D eigenvalue weighted by atomic mass is 9.85. The maximum Gasteiger partial charge on any atom is 0.333 e. The van der Waals surface area contributed by atoms with Gasteiger partial charge in [-0.2, -0.15) is 4.39 Å². The molecule has 7 nitrogen and oxygen atoms in total. The van der Waals surface area contributed by atoms with Gasteiger partial charge in [-0.25, -0.2) is 9.78 Å². The van der Waals surface area contributed by atoms with E-state index in [2.05, 4.69) is 15.3 Å². The summed E-state index contributed by atoms with van der Waals surface area (Å²) in [7, 11) is 0. The largest absolute Gasteiger partial charge is 0.349 e. The zero-order chi connectivity index (χ0) is 25.4. The molecule has 0 atom stereocenters. The summed E-state index contributed by atoms with van der Waals surface area (Å²) in [6.45, 7) is 4.15. The molecule has 4 aromatic rings. The van der Waals surface area contributed by atoms with Crippen LogP contribution >= 0.6 is 11.6 Å². The second-order valence-corrected chi connectivity index (χ2v) is 9.92. The fourth-order valence-corrected chi connectivity index (χ4v) is 5.27. The molecule has 1 saturated carbocycles. The number of para-hydroxylation sites is 2. The van der Waals surface area contributed by atoms with Crippen LogP contribution in [-0.4, -0.2) is 31.1 Å². The van der Waals surface area contributed by atoms with Crippen molar-refractivity contribution < 1.29 is 9.18 Å². The van der Waals surface area contributed by atoms with E-state index >= 15 is 0 Å². The van der Waals surface area contributed by atoms with Crippen molar-refractivity contribution in [1.82, 2.24) is 24.4 Å². The second-order valence-electron chi connectivity index (χ2n) is 9.49. The number of nitrogens with zero attached hydrogens (tertiary/aromatic N) is 4. The first kappa shape index (κ1) is 24.2. The number of benzene rings is 1. The van der Waals surface area contributed by atoms with E-state index in [-0.39, 0.29) is 17.6 Å². The zero-order valence-corrected chi connectivity index (χ0v) is 20.9. The number of carbonyl (C=O) groups excluding carboxylic acids is 1. The number of aryl methyl sites for hydroxylation is 2. The molecule has 1 N–H and O–H groups in total. The molecular formula is C27H27ClFN5O2. The molecule has 1 aliphatic carbocycles. The molecule has 0 spiro atoms. The smallest absolute Gasteiger partial charge is 0.333 e. The van der Waals surface area contributed by atoms with Crippen molar-refractivity contribution >= 4 is 28.5 Å². The van der Waals surface area contributed by atoms with Gasteiger partial charge in [0, 0.05) is 18.8 Å². The highest BCUT2D eigenvalue weighted by molar-refractivity contribution is 6.30. The molecule has 1 fully saturated rings. The van der Waals surface area contributed by atoms with Crippen molar-refractivity contribution in [2.24, 2.45) is 5.92 Å². The van der Waals surface area contributed by atoms with E-state index in [1.165, 1.54) is 18.5 Å². The summed E-state index contributed by atoms with van der Waals surface area (Å²) in [5.74, 6) is -0.427. The maximum absolute atomic E-state index is 13.6. The number of fused-ring (bicyclic) bond motifs is 1. The summed E-state index contributed by atoms with van der Waals surface area (Å²) >= 11 is 6.02. The highest BCUT2D eigenvalue weighted by atomic mass is 35.5. The molecule has 1 aromatic carbocycles. The van der Waals surface area contributed by atoms with Crippen LogP contribution in [0, 0.1) is 25.7 Å². The number of halogens is 2. The van der Waals surface area contributed by atoms with Gasteiger partial charge < -0.3 is 5.32 Å². The number of aromatic nitrogens is 4. The number of amides is 1. The molecule has 3 heterocycles. The Morgan fingerprint density at radius 2 is 1.81 bits per heavy atom. The molecule has 1 amide bonds. The minimum atomic E-state index is -0.571. The van der Waals surface area contributed by atoms with Crippen molar-refractivity contribution in [3.05, 3.63) is 87.1 Å². The monoisotopic (exact) mass is 507 g/mol. The molecule has 3 aromatic heterocycles. The average Bonchev–Trinajstić information content (AvgIpc) is 3.13. The molecule has 0 unspecified atom stereocenters. The highest BCUT2D eigenvalue weighted by Crippen LogP contribution is 2.28. The molecule has 9 heteroatoms. The van der Waals surface area contributed by atoms with E-state index in [1.807, 2.05) is 28.8 Å². The molecule has 0 radical (unpaired) electrons. The maximum atomic E-state index is 13.6. The molecular weight excluding hydrogens is 481 g/mol. The van der Waals surface area contributed by atoms with Crippen LogP contribution in [0.15, 0.2) is 53.6 Å². The van der Waals surface area contributed by atoms with E-state index < -0.39 is 5.95 Å². The van der Waals surface area contributed by atoms with Crippen LogP contribution in [0.2, 0.25) is 5.02 Å². The summed E-state index contributed by atoms with van der Waals surface area (Å²) in [4.78, 5) is 34.2. The van der Waals surface area contributed by atoms with Crippen molar-refractivity contribution in [3.8, 4) is 5.69 Å². The van der Waals surface area contributed by atoms with Crippen molar-refractivity contribution in [2.45, 2.75) is 52.1 Å². The molecule has 5 rings (SSSR count). The van der Waals surface area contributed by atoms with E-state index in [1.54, 1.807) is 24.5 Å². The van der Waals surface area contributed by atoms with Gasteiger partial charge in [-0.1, -0.05) is 23.7 Å². The van der Waals surface area contributed by atoms with E-state index in [0.717, 1.165) is 36.7 Å². The van der Waals surface area contributed by atoms with Crippen molar-refractivity contribution in [1.29, 1.82) is 0 Å². The molecule has 36 heavy (non-hydrogen) atoms. The van der Waals surface area contributed by atoms with Gasteiger partial charge in [0.15, 0.2) is 0 Å². The second kappa shape index (κ2) is 9.85. The van der Waals surface area contributed by atoms with Crippen LogP contribution in [0.4, 0.5) is 4.39 Å². The Hall–Kier alpha value is -3.52. The first-order valence-electron chi connectivity index (χ1n) is 12.1. The summed E-state index contributed by atoms with van der Waals surface area (Å²) < 4.78 is 17.0. The van der Waals surface area contributed by atoms with Crippen LogP contribution in [0.3, 0.4) is 0 Å². The first-order chi connectivity index (χ1) is 17.3. The molecule has 0 bridgehead atoms. The van der Waals surface area contributed by atoms with Crippen LogP contribution in [0.5, 0.6) is 0 Å². The number of imidazole rings is 1. The number of pyridine rings is 2. The van der Waals surface area contributed by atoms with Crippen molar-refractivity contribution in [2.75, 3.05) is 0 Å². The highest BCUT2D eigenvalue weighted by Gasteiger charge is 2.26. The van der Waals surface area contributed by atoms with Gasteiger partial charge in [-0.15, -0.1) is 0 Å². The Morgan fingerprint density at radius 1 is 1.08 bits per heavy atom. The molecule has 1 aliphatic rings. The lowest BCUT2D eigenvalue weighted by Crippen LogP contribution is -2.39. The predicted molar refractivity (Wildman–Crippen MR) is 137 cm³/mol. The summed E-state index contributed by atoms with van der Waals surface area (Å²) in [6.07, 6.45) is 6.39. The predicted octanol–water partition coefficient (Wildman–Crippen LogP) is 4.98. The molecule has 186 valence electrons. The number of rotatable bonds is 5. The lowest BCUT2D eigenvalue weighted by molar-refractivity contribution is 0.0919. The lowest BCUT2D eigenvalue weighted by Gasteiger charge is -2.29. The third-order valence-corrected chi connectivity index (χ3v) is 7.25. The van der Waals surface area contributed by atoms with Gasteiger partial charge in [0.05, 0.1) is 39.2 Å². The fourth-order valence-electron chi connectivity index (χ4n) is 5.11. The van der Waals surface area contributed by atoms with Gasteiger partial charge >= 0.3 is 5.69 Å². The standard InChI is InChI=1S/C27H27ClFN5O2/c1-16-11-25(29)31-14-24(16)34-23-6-4-3-5-22(23)33(27(34)36)15-18-7-9-20(10-8-18)32-26(35)21-12-19(28)13-30-17(21)2/h3-6,11-14,18,20H,7-10,15H2,1-2H3,(H,32,35)/t18-,20-. The number of hydrogen-bond donors (Lipinski definition) is 1. The Kier molecular flexibility index (Phi) is 6.62. The van der Waals surface area contributed by atoms with Gasteiger partial charge in [-0.05, 0) is 75.3 Å². The number of carbonyl (C=O) groups is 1. The van der Waals surface area contributed by atoms with Crippen LogP contribution < -0.4 is 11.0 Å². The van der Waals surface area contributed by atoms with E-state index in [4.69, 9.17) is 11.6 Å². The Labute approximate surface area is 213 Å². The van der Waals surface area contributed by atoms with Crippen LogP contribution in [0.1, 0.15) is 47.3 Å². The Balaban J connectivity index is 1.32. The molecule has 0 saturated heterocycles. The summed E-state index contributed by atoms with van der Waals surface area (Å²) in [6, 6.07) is 10.7. The number of hydrogen-bond acceptors (Lipinski definition) is 4. The SMILES string of the molecule is Cc1cc(F)ncc1-n1c(=O)n(C[C@H]2CC[C@H](NC(=O)c3cc(Cl)cnc3C)CC2)c2ccccc21. The quantitative estimate of drug-likeness (QED) is 0.386. The minimum Gasteiger partial charge on any atom is -0.349 e. The third kappa shape index (κ3) is 4.65. The summed E-state index contributed by atoms with van der Waals surface area (Å²) in [5, 5.41) is 3.55. The first-order valence-corrected chi connectivity index (χ1v) is 12.5. The van der Waals surface area contributed by atoms with Gasteiger partial charge in [0.25, 0.3) is 5.91 Å². The normalized spacial score (nSPS) is 17.9. The summed E-state index contributed by atoms with van der Waals surface area (Å²) in [5.41, 5.74) is 3.81. The van der Waals surface area contributed by atoms with Gasteiger partial charge in [0.2, 0.25) is 5.95 Å². The van der Waals surface area contributed by atoms with Gasteiger partial charge in [0.1, 0.15) is 0 Å². The topological polar surface area (TPSA) is 81.8 Å². The van der Waals surface area contributed by atoms with Crippen molar-refractivity contribution in [3.63, 3.8) is 0 Å². The van der Waals surface area contributed by atoms with E-state index in [0.29, 0.717) is 40.0 Å². The Morgan fingerprint density at radius 3 is 2.53 bits per heavy atom. The Bertz CT molecular complexity index is 1500. The van der Waals surface area contributed by atoms with Crippen LogP contribution in [0.25, 0.3) is 16.7 Å². The fraction of sp³-hybridized carbons (Fsp3) is 0.333. The minimum absolute atomic E-state index is 0.0677. The van der Waals surface area contributed by atoms with Crippen LogP contribution in [-0.2, 0) is 6.54 Å². The van der Waals surface area contributed by atoms with E-state index in [9.17, 15) is 14.0 Å². The average molecular weight is 508 g/mol. The third-order valence-electron chi connectivity index (χ3n) is 7.05. The molecule has 0 aliphatic heterocycles. The zero-order valence-electron chi connectivity index (χ0n) is 20.2. The number of nitrogens with one attached hydrogen (secondary N) is 1. The van der Waals surface area contributed by atoms with Gasteiger partial charge in [-0.3, -0.25) is 18.9 Å².